The van der Waals surface area contributed by atoms with Crippen LogP contribution in [-0.4, -0.2) is 25.5 Å². The van der Waals surface area contributed by atoms with Crippen LogP contribution in [0.15, 0.2) is 60.9 Å². The molecule has 0 aliphatic carbocycles. The van der Waals surface area contributed by atoms with Gasteiger partial charge in [0.05, 0.1) is 6.20 Å². The molecule has 0 saturated carbocycles. The number of halogens is 1. The first-order valence-electron chi connectivity index (χ1n) is 8.11. The molecule has 1 amide bonds. The smallest absolute Gasteiger partial charge is 0.256 e. The van der Waals surface area contributed by atoms with Crippen molar-refractivity contribution in [2.24, 2.45) is 0 Å². The highest BCUT2D eigenvalue weighted by atomic mass is 19.1. The van der Waals surface area contributed by atoms with Gasteiger partial charge in [0.25, 0.3) is 5.91 Å². The molecule has 0 bridgehead atoms. The average molecular weight is 363 g/mol. The summed E-state index contributed by atoms with van der Waals surface area (Å²) in [5.41, 5.74) is 1.46. The van der Waals surface area contributed by atoms with Gasteiger partial charge in [-0.15, -0.1) is 0 Å². The monoisotopic (exact) mass is 363 g/mol. The second-order valence-corrected chi connectivity index (χ2v) is 5.75. The molecule has 0 unspecified atom stereocenters. The van der Waals surface area contributed by atoms with Crippen molar-refractivity contribution >= 4 is 17.4 Å². The molecule has 7 nitrogen and oxygen atoms in total. The zero-order valence-corrected chi connectivity index (χ0v) is 14.3. The first-order chi connectivity index (χ1) is 13.1. The number of pyridine rings is 1. The van der Waals surface area contributed by atoms with Gasteiger partial charge >= 0.3 is 0 Å². The van der Waals surface area contributed by atoms with Crippen molar-refractivity contribution in [3.05, 3.63) is 78.0 Å². The number of aryl methyl sites for hydroxylation is 1. The maximum absolute atomic E-state index is 14.5. The van der Waals surface area contributed by atoms with E-state index in [1.54, 1.807) is 49.6 Å². The third kappa shape index (κ3) is 3.45. The molecule has 0 spiro atoms. The molecule has 0 atom stereocenters. The van der Waals surface area contributed by atoms with Crippen LogP contribution in [0, 0.1) is 12.7 Å². The number of nitrogens with zero attached hydrogens (tertiary/aromatic N) is 4. The lowest BCUT2D eigenvalue weighted by Crippen LogP contribution is -2.13. The molecule has 27 heavy (non-hydrogen) atoms. The largest absolute Gasteiger partial charge is 0.436 e. The summed E-state index contributed by atoms with van der Waals surface area (Å²) in [4.78, 5) is 20.6. The van der Waals surface area contributed by atoms with Crippen LogP contribution in [0.25, 0.3) is 5.65 Å². The van der Waals surface area contributed by atoms with Gasteiger partial charge in [0.1, 0.15) is 5.82 Å². The summed E-state index contributed by atoms with van der Waals surface area (Å²) in [5.74, 6) is -0.442. The maximum atomic E-state index is 14.5. The minimum absolute atomic E-state index is 0.0215. The number of benzene rings is 1. The van der Waals surface area contributed by atoms with Gasteiger partial charge in [-0.25, -0.2) is 14.4 Å². The van der Waals surface area contributed by atoms with Crippen LogP contribution in [0.4, 0.5) is 10.2 Å². The molecule has 3 heterocycles. The summed E-state index contributed by atoms with van der Waals surface area (Å²) < 4.78 is 21.6. The Bertz CT molecular complexity index is 1130. The lowest BCUT2D eigenvalue weighted by molar-refractivity contribution is 0.102. The summed E-state index contributed by atoms with van der Waals surface area (Å²) >= 11 is 0. The van der Waals surface area contributed by atoms with Crippen molar-refractivity contribution < 1.29 is 13.9 Å². The van der Waals surface area contributed by atoms with Crippen LogP contribution in [-0.2, 0) is 0 Å². The van der Waals surface area contributed by atoms with Crippen LogP contribution in [0.5, 0.6) is 11.6 Å². The van der Waals surface area contributed by atoms with E-state index in [9.17, 15) is 9.18 Å². The molecule has 1 N–H and O–H groups in total. The van der Waals surface area contributed by atoms with Crippen molar-refractivity contribution in [1.82, 2.24) is 19.6 Å². The predicted molar refractivity (Wildman–Crippen MR) is 96.4 cm³/mol. The van der Waals surface area contributed by atoms with Crippen LogP contribution < -0.4 is 10.1 Å². The van der Waals surface area contributed by atoms with Crippen LogP contribution >= 0.6 is 0 Å². The van der Waals surface area contributed by atoms with E-state index in [1.165, 1.54) is 16.6 Å². The fourth-order valence-corrected chi connectivity index (χ4v) is 2.54. The molecule has 4 aromatic rings. The zero-order chi connectivity index (χ0) is 18.8. The molecular weight excluding hydrogens is 349 g/mol. The Morgan fingerprint density at radius 3 is 2.81 bits per heavy atom. The van der Waals surface area contributed by atoms with E-state index >= 15 is 0 Å². The Kier molecular flexibility index (Phi) is 4.21. The van der Waals surface area contributed by atoms with Crippen molar-refractivity contribution in [3.8, 4) is 11.6 Å². The summed E-state index contributed by atoms with van der Waals surface area (Å²) in [5, 5.41) is 6.72. The number of anilines is 1. The molecule has 134 valence electrons. The lowest BCUT2D eigenvalue weighted by Gasteiger charge is -2.10. The number of nitrogens with one attached hydrogen (secondary N) is 1. The molecule has 0 radical (unpaired) electrons. The van der Waals surface area contributed by atoms with Crippen LogP contribution in [0.2, 0.25) is 0 Å². The van der Waals surface area contributed by atoms with Gasteiger partial charge in [-0.1, -0.05) is 6.07 Å². The van der Waals surface area contributed by atoms with Gasteiger partial charge in [-0.05, 0) is 37.3 Å². The number of aromatic nitrogens is 4. The second kappa shape index (κ2) is 6.83. The first-order valence-corrected chi connectivity index (χ1v) is 8.11. The Balaban J connectivity index is 1.58. The Hall–Kier alpha value is -3.81. The number of carbonyl (C=O) groups is 1. The van der Waals surface area contributed by atoms with E-state index in [-0.39, 0.29) is 11.3 Å². The van der Waals surface area contributed by atoms with Gasteiger partial charge < -0.3 is 10.1 Å². The normalized spacial score (nSPS) is 10.7. The van der Waals surface area contributed by atoms with E-state index in [1.807, 2.05) is 0 Å². The number of carbonyl (C=O) groups excluding carboxylic acids is 1. The molecule has 0 aliphatic rings. The highest BCUT2D eigenvalue weighted by molar-refractivity contribution is 6.03. The van der Waals surface area contributed by atoms with E-state index < -0.39 is 11.7 Å². The van der Waals surface area contributed by atoms with E-state index in [0.29, 0.717) is 23.0 Å². The molecule has 0 aliphatic heterocycles. The molecule has 8 heteroatoms. The summed E-state index contributed by atoms with van der Waals surface area (Å²) in [6, 6.07) is 12.5. The fraction of sp³-hybridized carbons (Fsp3) is 0.0526. The van der Waals surface area contributed by atoms with Crippen molar-refractivity contribution in [2.75, 3.05) is 5.32 Å². The number of hydrogen-bond acceptors (Lipinski definition) is 5. The van der Waals surface area contributed by atoms with Crippen LogP contribution in [0.3, 0.4) is 0 Å². The van der Waals surface area contributed by atoms with E-state index in [4.69, 9.17) is 4.74 Å². The molecule has 4 rings (SSSR count). The number of fused-ring (bicyclic) bond motifs is 1. The fourth-order valence-electron chi connectivity index (χ4n) is 2.54. The first kappa shape index (κ1) is 16.6. The minimum Gasteiger partial charge on any atom is -0.436 e. The van der Waals surface area contributed by atoms with Crippen molar-refractivity contribution in [1.29, 1.82) is 0 Å². The lowest BCUT2D eigenvalue weighted by atomic mass is 10.2. The third-order valence-corrected chi connectivity index (χ3v) is 3.77. The Labute approximate surface area is 153 Å². The number of ether oxygens (including phenoxy) is 1. The summed E-state index contributed by atoms with van der Waals surface area (Å²) in [6.07, 6.45) is 3.13. The van der Waals surface area contributed by atoms with Crippen molar-refractivity contribution in [3.63, 3.8) is 0 Å². The predicted octanol–water partition coefficient (Wildman–Crippen LogP) is 3.62. The summed E-state index contributed by atoms with van der Waals surface area (Å²) in [7, 11) is 0. The molecule has 0 saturated heterocycles. The number of rotatable bonds is 4. The van der Waals surface area contributed by atoms with Gasteiger partial charge in [-0.3, -0.25) is 4.79 Å². The standard InChI is InChI=1S/C19H14FN5O2/c1-12-10-18(25-17(23-12)7-9-22-25)27-15-6-5-13(11-14(15)20)19(26)24-16-4-2-3-8-21-16/h2-11H,1H3,(H,21,24,26). The maximum Gasteiger partial charge on any atom is 0.256 e. The summed E-state index contributed by atoms with van der Waals surface area (Å²) in [6.45, 7) is 1.81. The highest BCUT2D eigenvalue weighted by Crippen LogP contribution is 2.26. The molecule has 1 aromatic carbocycles. The van der Waals surface area contributed by atoms with E-state index in [0.717, 1.165) is 6.07 Å². The third-order valence-electron chi connectivity index (χ3n) is 3.77. The Morgan fingerprint density at radius 1 is 1.15 bits per heavy atom. The molecule has 3 aromatic heterocycles. The minimum atomic E-state index is -0.668. The van der Waals surface area contributed by atoms with Crippen molar-refractivity contribution in [2.45, 2.75) is 6.92 Å². The topological polar surface area (TPSA) is 81.4 Å². The molecular formula is C19H14FN5O2. The van der Waals surface area contributed by atoms with Gasteiger partial charge in [0, 0.05) is 29.6 Å². The van der Waals surface area contributed by atoms with Crippen LogP contribution in [0.1, 0.15) is 16.1 Å². The number of hydrogen-bond donors (Lipinski definition) is 1. The van der Waals surface area contributed by atoms with E-state index in [2.05, 4.69) is 20.4 Å². The van der Waals surface area contributed by atoms with Gasteiger partial charge in [-0.2, -0.15) is 9.61 Å². The van der Waals surface area contributed by atoms with Gasteiger partial charge in [0.15, 0.2) is 17.2 Å². The average Bonchev–Trinajstić information content (AvgIpc) is 3.12. The highest BCUT2D eigenvalue weighted by Gasteiger charge is 2.14. The number of amides is 1. The molecule has 0 fully saturated rings. The Morgan fingerprint density at radius 2 is 2.04 bits per heavy atom. The zero-order valence-electron chi connectivity index (χ0n) is 14.3. The second-order valence-electron chi connectivity index (χ2n) is 5.75. The SMILES string of the molecule is Cc1cc(Oc2ccc(C(=O)Nc3ccccn3)cc2F)n2nccc2n1. The quantitative estimate of drug-likeness (QED) is 0.599. The van der Waals surface area contributed by atoms with Gasteiger partial charge in [0.2, 0.25) is 5.88 Å².